The third-order valence-corrected chi connectivity index (χ3v) is 4.05. The summed E-state index contributed by atoms with van der Waals surface area (Å²) in [5.41, 5.74) is 2.60. The molecular formula is C16H22O. The van der Waals surface area contributed by atoms with E-state index in [4.69, 9.17) is 0 Å². The average Bonchev–Trinajstić information content (AvgIpc) is 2.35. The van der Waals surface area contributed by atoms with E-state index in [1.165, 1.54) is 17.5 Å². The smallest absolute Gasteiger partial charge is 0.136 e. The Morgan fingerprint density at radius 2 is 1.94 bits per heavy atom. The third-order valence-electron chi connectivity index (χ3n) is 4.05. The van der Waals surface area contributed by atoms with Crippen molar-refractivity contribution in [2.75, 3.05) is 0 Å². The van der Waals surface area contributed by atoms with Gasteiger partial charge in [-0.25, -0.2) is 0 Å². The molecule has 0 radical (unpaired) electrons. The molecule has 0 heterocycles. The first-order valence-electron chi connectivity index (χ1n) is 6.77. The second-order valence-electron chi connectivity index (χ2n) is 5.40. The fourth-order valence-corrected chi connectivity index (χ4v) is 2.78. The Hall–Kier alpha value is -1.11. The van der Waals surface area contributed by atoms with Gasteiger partial charge in [-0.1, -0.05) is 43.2 Å². The summed E-state index contributed by atoms with van der Waals surface area (Å²) in [6.07, 6.45) is 5.17. The summed E-state index contributed by atoms with van der Waals surface area (Å²) in [7, 11) is 0. The molecule has 1 heteroatoms. The fourth-order valence-electron chi connectivity index (χ4n) is 2.78. The predicted molar refractivity (Wildman–Crippen MR) is 71.0 cm³/mol. The van der Waals surface area contributed by atoms with Gasteiger partial charge >= 0.3 is 0 Å². The van der Waals surface area contributed by atoms with Gasteiger partial charge in [0.1, 0.15) is 5.78 Å². The van der Waals surface area contributed by atoms with Crippen LogP contribution in [0, 0.1) is 18.8 Å². The number of benzene rings is 1. The highest BCUT2D eigenvalue weighted by Gasteiger charge is 2.27. The quantitative estimate of drug-likeness (QED) is 0.769. The summed E-state index contributed by atoms with van der Waals surface area (Å²) in [5.74, 6) is 1.52. The summed E-state index contributed by atoms with van der Waals surface area (Å²) in [6.45, 7) is 4.34. The lowest BCUT2D eigenvalue weighted by molar-refractivity contribution is -0.125. The molecule has 92 valence electrons. The molecule has 2 atom stereocenters. The largest absolute Gasteiger partial charge is 0.299 e. The highest BCUT2D eigenvalue weighted by Crippen LogP contribution is 2.30. The molecule has 2 unspecified atom stereocenters. The van der Waals surface area contributed by atoms with E-state index in [1.54, 1.807) is 0 Å². The molecule has 0 aromatic heterocycles. The van der Waals surface area contributed by atoms with Crippen LogP contribution in [0.25, 0.3) is 0 Å². The first-order valence-corrected chi connectivity index (χ1v) is 6.77. The zero-order valence-corrected chi connectivity index (χ0v) is 10.9. The van der Waals surface area contributed by atoms with Crippen LogP contribution in [-0.2, 0) is 11.2 Å². The monoisotopic (exact) mass is 230 g/mol. The van der Waals surface area contributed by atoms with Crippen LogP contribution in [-0.4, -0.2) is 5.78 Å². The molecule has 0 N–H and O–H groups in total. The van der Waals surface area contributed by atoms with E-state index in [2.05, 4.69) is 38.1 Å². The van der Waals surface area contributed by atoms with E-state index in [9.17, 15) is 4.79 Å². The minimum atomic E-state index is 0.274. The molecule has 1 aromatic carbocycles. The van der Waals surface area contributed by atoms with E-state index < -0.39 is 0 Å². The summed E-state index contributed by atoms with van der Waals surface area (Å²) in [6, 6.07) is 8.61. The van der Waals surface area contributed by atoms with Crippen molar-refractivity contribution in [3.05, 3.63) is 35.4 Å². The van der Waals surface area contributed by atoms with Crippen molar-refractivity contribution in [2.45, 2.75) is 46.0 Å². The number of hydrogen-bond acceptors (Lipinski definition) is 1. The van der Waals surface area contributed by atoms with E-state index >= 15 is 0 Å². The van der Waals surface area contributed by atoms with Crippen molar-refractivity contribution in [3.63, 3.8) is 0 Å². The lowest BCUT2D eigenvalue weighted by Crippen LogP contribution is -2.26. The summed E-state index contributed by atoms with van der Waals surface area (Å²) in [4.78, 5) is 11.9. The number of carbonyl (C=O) groups excluding carboxylic acids is 1. The van der Waals surface area contributed by atoms with Gasteiger partial charge in [-0.2, -0.15) is 0 Å². The lowest BCUT2D eigenvalue weighted by atomic mass is 9.77. The van der Waals surface area contributed by atoms with Crippen LogP contribution in [0.1, 0.15) is 43.7 Å². The first-order chi connectivity index (χ1) is 8.19. The SMILES string of the molecule is CCC1CCC(=O)C(Cc2ccc(C)cc2)C1. The zero-order valence-electron chi connectivity index (χ0n) is 10.9. The van der Waals surface area contributed by atoms with Gasteiger partial charge in [-0.15, -0.1) is 0 Å². The standard InChI is InChI=1S/C16H22O/c1-3-13-8-9-16(17)15(10-13)11-14-6-4-12(2)5-7-14/h4-7,13,15H,3,8-11H2,1-2H3. The number of hydrogen-bond donors (Lipinski definition) is 0. The minimum absolute atomic E-state index is 0.274. The highest BCUT2D eigenvalue weighted by atomic mass is 16.1. The van der Waals surface area contributed by atoms with Crippen molar-refractivity contribution in [2.24, 2.45) is 11.8 Å². The van der Waals surface area contributed by atoms with Gasteiger partial charge in [0, 0.05) is 12.3 Å². The molecule has 0 aliphatic heterocycles. The van der Waals surface area contributed by atoms with Gasteiger partial charge in [0.25, 0.3) is 0 Å². The Balaban J connectivity index is 2.01. The Labute approximate surface area is 104 Å². The number of ketones is 1. The molecule has 0 spiro atoms. The van der Waals surface area contributed by atoms with Crippen LogP contribution in [0.4, 0.5) is 0 Å². The van der Waals surface area contributed by atoms with Gasteiger partial charge in [-0.05, 0) is 37.7 Å². The van der Waals surface area contributed by atoms with Gasteiger partial charge in [-0.3, -0.25) is 4.79 Å². The molecule has 1 fully saturated rings. The zero-order chi connectivity index (χ0) is 12.3. The van der Waals surface area contributed by atoms with Gasteiger partial charge < -0.3 is 0 Å². The maximum absolute atomic E-state index is 11.9. The van der Waals surface area contributed by atoms with Crippen molar-refractivity contribution in [1.82, 2.24) is 0 Å². The van der Waals surface area contributed by atoms with E-state index in [-0.39, 0.29) is 5.92 Å². The molecular weight excluding hydrogens is 208 g/mol. The number of aryl methyl sites for hydroxylation is 1. The maximum atomic E-state index is 11.9. The summed E-state index contributed by atoms with van der Waals surface area (Å²) >= 11 is 0. The van der Waals surface area contributed by atoms with Crippen molar-refractivity contribution >= 4 is 5.78 Å². The number of rotatable bonds is 3. The van der Waals surface area contributed by atoms with Crippen molar-refractivity contribution in [3.8, 4) is 0 Å². The summed E-state index contributed by atoms with van der Waals surface area (Å²) in [5, 5.41) is 0. The minimum Gasteiger partial charge on any atom is -0.299 e. The normalized spacial score (nSPS) is 24.9. The Bertz CT molecular complexity index is 377. The molecule has 1 aliphatic rings. The van der Waals surface area contributed by atoms with Gasteiger partial charge in [0.15, 0.2) is 0 Å². The van der Waals surface area contributed by atoms with Crippen LogP contribution < -0.4 is 0 Å². The van der Waals surface area contributed by atoms with E-state index in [1.807, 2.05) is 0 Å². The molecule has 1 saturated carbocycles. The second kappa shape index (κ2) is 5.48. The van der Waals surface area contributed by atoms with E-state index in [0.29, 0.717) is 5.78 Å². The third kappa shape index (κ3) is 3.18. The summed E-state index contributed by atoms with van der Waals surface area (Å²) < 4.78 is 0. The molecule has 17 heavy (non-hydrogen) atoms. The average molecular weight is 230 g/mol. The number of carbonyl (C=O) groups is 1. The molecule has 1 nitrogen and oxygen atoms in total. The number of Topliss-reactive ketones (excluding diaryl/α,β-unsaturated/α-hetero) is 1. The molecule has 0 saturated heterocycles. The van der Waals surface area contributed by atoms with Crippen LogP contribution in [0.2, 0.25) is 0 Å². The van der Waals surface area contributed by atoms with Crippen molar-refractivity contribution < 1.29 is 4.79 Å². The molecule has 1 aliphatic carbocycles. The highest BCUT2D eigenvalue weighted by molar-refractivity contribution is 5.82. The predicted octanol–water partition coefficient (Wildman–Crippen LogP) is 3.93. The molecule has 2 rings (SSSR count). The van der Waals surface area contributed by atoms with E-state index in [0.717, 1.165) is 31.6 Å². The van der Waals surface area contributed by atoms with Crippen LogP contribution in [0.15, 0.2) is 24.3 Å². The molecule has 1 aromatic rings. The Morgan fingerprint density at radius 3 is 2.59 bits per heavy atom. The first kappa shape index (κ1) is 12.3. The molecule has 0 bridgehead atoms. The van der Waals surface area contributed by atoms with Crippen LogP contribution in [0.3, 0.4) is 0 Å². The Kier molecular flexibility index (Phi) is 3.98. The lowest BCUT2D eigenvalue weighted by Gasteiger charge is -2.27. The maximum Gasteiger partial charge on any atom is 0.136 e. The van der Waals surface area contributed by atoms with Crippen molar-refractivity contribution in [1.29, 1.82) is 0 Å². The van der Waals surface area contributed by atoms with Crippen LogP contribution >= 0.6 is 0 Å². The molecule has 0 amide bonds. The topological polar surface area (TPSA) is 17.1 Å². The van der Waals surface area contributed by atoms with Gasteiger partial charge in [0.05, 0.1) is 0 Å². The van der Waals surface area contributed by atoms with Crippen LogP contribution in [0.5, 0.6) is 0 Å². The fraction of sp³-hybridized carbons (Fsp3) is 0.562. The second-order valence-corrected chi connectivity index (χ2v) is 5.40. The Morgan fingerprint density at radius 1 is 1.24 bits per heavy atom. The van der Waals surface area contributed by atoms with Gasteiger partial charge in [0.2, 0.25) is 0 Å².